The molecule has 20 nitrogen and oxygen atoms in total. The fraction of sp³-hybridized carbons (Fsp3) is 0.176. The van der Waals surface area contributed by atoms with Crippen molar-refractivity contribution in [3.8, 4) is 11.5 Å². The molecular weight excluding hydrogens is 712 g/mol. The van der Waals surface area contributed by atoms with Gasteiger partial charge in [0.25, 0.3) is 11.4 Å². The average molecular weight is 743 g/mol. The molecule has 0 atom stereocenters. The van der Waals surface area contributed by atoms with Gasteiger partial charge in [0.2, 0.25) is 0 Å². The van der Waals surface area contributed by atoms with Crippen molar-refractivity contribution in [1.82, 2.24) is 0 Å². The van der Waals surface area contributed by atoms with Gasteiger partial charge < -0.3 is 9.47 Å². The lowest BCUT2D eigenvalue weighted by molar-refractivity contribution is -0.393. The van der Waals surface area contributed by atoms with E-state index in [9.17, 15) is 50.0 Å². The van der Waals surface area contributed by atoms with Gasteiger partial charge in [-0.15, -0.1) is 0 Å². The number of nitrogens with one attached hydrogen (secondary N) is 2. The summed E-state index contributed by atoms with van der Waals surface area (Å²) in [6.45, 7) is 0. The zero-order valence-corrected chi connectivity index (χ0v) is 28.1. The smallest absolute Gasteiger partial charge is 0.311 e. The highest BCUT2D eigenvalue weighted by atomic mass is 16.6. The van der Waals surface area contributed by atoms with E-state index in [1.165, 1.54) is 24.6 Å². The molecule has 0 aliphatic carbocycles. The number of nitro groups is 4. The van der Waals surface area contributed by atoms with Crippen LogP contribution in [-0.2, 0) is 9.59 Å². The molecule has 0 radical (unpaired) electrons. The van der Waals surface area contributed by atoms with Crippen molar-refractivity contribution in [3.05, 3.63) is 137 Å². The highest BCUT2D eigenvalue weighted by molar-refractivity contribution is 5.82. The molecule has 0 unspecified atom stereocenters. The summed E-state index contributed by atoms with van der Waals surface area (Å²) >= 11 is 0. The van der Waals surface area contributed by atoms with E-state index in [4.69, 9.17) is 9.47 Å². The highest BCUT2D eigenvalue weighted by Crippen LogP contribution is 2.30. The Labute approximate surface area is 304 Å². The monoisotopic (exact) mass is 742 g/mol. The second kappa shape index (κ2) is 19.1. The molecule has 0 saturated carbocycles. The van der Waals surface area contributed by atoms with Crippen molar-refractivity contribution in [2.24, 2.45) is 10.2 Å². The van der Waals surface area contributed by atoms with Crippen LogP contribution < -0.4 is 20.3 Å². The Hall–Kier alpha value is -7.64. The van der Waals surface area contributed by atoms with Gasteiger partial charge in [-0.05, 0) is 84.6 Å². The Balaban J connectivity index is 1.10. The molecule has 0 saturated heterocycles. The van der Waals surface area contributed by atoms with Gasteiger partial charge >= 0.3 is 23.3 Å². The lowest BCUT2D eigenvalue weighted by atomic mass is 10.1. The standard InChI is InChI=1S/C34H30N8O12/c43-33(53-27-13-7-23(8-14-27)21-35-37-29-17-11-25(39(45)46)19-31(29)41(49)50)5-3-1-2-4-6-34(44)54-28-15-9-24(10-16-28)22-36-38-30-18-12-26(40(47)48)20-32(30)42(51)52/h7-22,37-38H,1-6H2/b35-21+,36-22+. The van der Waals surface area contributed by atoms with Crippen LogP contribution in [0.25, 0.3) is 0 Å². The third-order valence-electron chi connectivity index (χ3n) is 7.31. The Morgan fingerprint density at radius 3 is 1.24 bits per heavy atom. The van der Waals surface area contributed by atoms with Crippen molar-refractivity contribution in [2.75, 3.05) is 10.9 Å². The van der Waals surface area contributed by atoms with E-state index in [1.54, 1.807) is 48.5 Å². The SMILES string of the molecule is O=C(CCCCCCC(=O)Oc1ccc(/C=N/Nc2ccc([N+](=O)[O-])cc2[N+](=O)[O-])cc1)Oc1ccc(/C=N/Nc2ccc([N+](=O)[O-])cc2[N+](=O)[O-])cc1. The maximum atomic E-state index is 12.3. The number of hydrogen-bond donors (Lipinski definition) is 2. The minimum atomic E-state index is -0.759. The molecule has 54 heavy (non-hydrogen) atoms. The summed E-state index contributed by atoms with van der Waals surface area (Å²) in [5.74, 6) is -0.242. The molecule has 0 aliphatic heterocycles. The van der Waals surface area contributed by atoms with Crippen molar-refractivity contribution >= 4 is 58.5 Å². The van der Waals surface area contributed by atoms with Crippen LogP contribution in [0.4, 0.5) is 34.1 Å². The van der Waals surface area contributed by atoms with Crippen LogP contribution in [0, 0.1) is 40.5 Å². The zero-order chi connectivity index (χ0) is 39.0. The normalized spacial score (nSPS) is 10.9. The van der Waals surface area contributed by atoms with Crippen molar-refractivity contribution in [1.29, 1.82) is 0 Å². The van der Waals surface area contributed by atoms with E-state index in [-0.39, 0.29) is 24.2 Å². The Morgan fingerprint density at radius 1 is 0.537 bits per heavy atom. The number of unbranched alkanes of at least 4 members (excludes halogenated alkanes) is 3. The van der Waals surface area contributed by atoms with Gasteiger partial charge in [0.15, 0.2) is 0 Å². The fourth-order valence-corrected chi connectivity index (χ4v) is 4.61. The highest BCUT2D eigenvalue weighted by Gasteiger charge is 2.20. The lowest BCUT2D eigenvalue weighted by Crippen LogP contribution is -2.08. The molecule has 2 N–H and O–H groups in total. The molecular formula is C34H30N8O12. The fourth-order valence-electron chi connectivity index (χ4n) is 4.61. The first-order chi connectivity index (χ1) is 25.9. The molecule has 0 aliphatic rings. The maximum Gasteiger partial charge on any atom is 0.311 e. The van der Waals surface area contributed by atoms with Gasteiger partial charge in [-0.1, -0.05) is 12.8 Å². The van der Waals surface area contributed by atoms with Crippen LogP contribution in [0.1, 0.15) is 49.7 Å². The number of rotatable bonds is 19. The largest absolute Gasteiger partial charge is 0.427 e. The number of hydrazone groups is 2. The summed E-state index contributed by atoms with van der Waals surface area (Å²) in [6, 6.07) is 18.9. The number of carbonyl (C=O) groups excluding carboxylic acids is 2. The number of hydrogen-bond acceptors (Lipinski definition) is 16. The van der Waals surface area contributed by atoms with E-state index in [1.807, 2.05) is 0 Å². The van der Waals surface area contributed by atoms with Crippen LogP contribution >= 0.6 is 0 Å². The van der Waals surface area contributed by atoms with Crippen LogP contribution in [0.3, 0.4) is 0 Å². The summed E-state index contributed by atoms with van der Waals surface area (Å²) in [6.07, 6.45) is 5.54. The van der Waals surface area contributed by atoms with E-state index < -0.39 is 54.4 Å². The molecule has 4 aromatic carbocycles. The number of esters is 2. The van der Waals surface area contributed by atoms with Crippen molar-refractivity contribution in [3.63, 3.8) is 0 Å². The first-order valence-corrected chi connectivity index (χ1v) is 15.9. The number of carbonyl (C=O) groups is 2. The molecule has 0 amide bonds. The summed E-state index contributed by atoms with van der Waals surface area (Å²) in [5, 5.41) is 52.1. The van der Waals surface area contributed by atoms with Crippen LogP contribution in [0.5, 0.6) is 11.5 Å². The van der Waals surface area contributed by atoms with Crippen LogP contribution in [-0.4, -0.2) is 44.1 Å². The van der Waals surface area contributed by atoms with Gasteiger partial charge in [-0.25, -0.2) is 0 Å². The van der Waals surface area contributed by atoms with E-state index in [0.29, 0.717) is 48.3 Å². The summed E-state index contributed by atoms with van der Waals surface area (Å²) in [5.41, 5.74) is 4.23. The molecule has 0 aromatic heterocycles. The summed E-state index contributed by atoms with van der Waals surface area (Å²) in [7, 11) is 0. The summed E-state index contributed by atoms with van der Waals surface area (Å²) < 4.78 is 10.7. The maximum absolute atomic E-state index is 12.3. The minimum Gasteiger partial charge on any atom is -0.427 e. The topological polar surface area (TPSA) is 274 Å². The van der Waals surface area contributed by atoms with E-state index in [2.05, 4.69) is 21.1 Å². The minimum absolute atomic E-state index is 0.0299. The Morgan fingerprint density at radius 2 is 0.907 bits per heavy atom. The van der Waals surface area contributed by atoms with Crippen molar-refractivity contribution in [2.45, 2.75) is 38.5 Å². The molecule has 20 heteroatoms. The molecule has 0 fully saturated rings. The molecule has 4 rings (SSSR count). The predicted octanol–water partition coefficient (Wildman–Crippen LogP) is 7.06. The van der Waals surface area contributed by atoms with Gasteiger partial charge in [-0.3, -0.25) is 60.9 Å². The summed E-state index contributed by atoms with van der Waals surface area (Å²) in [4.78, 5) is 65.8. The van der Waals surface area contributed by atoms with Crippen LogP contribution in [0.2, 0.25) is 0 Å². The third kappa shape index (κ3) is 12.0. The van der Waals surface area contributed by atoms with Gasteiger partial charge in [0.05, 0.1) is 44.3 Å². The molecule has 278 valence electrons. The van der Waals surface area contributed by atoms with Crippen molar-refractivity contribution < 1.29 is 38.8 Å². The number of nitrogens with zero attached hydrogens (tertiary/aromatic N) is 6. The van der Waals surface area contributed by atoms with Gasteiger partial charge in [0.1, 0.15) is 22.9 Å². The number of nitro benzene ring substituents is 4. The Bertz CT molecular complexity index is 1940. The number of ether oxygens (including phenoxy) is 2. The van der Waals surface area contributed by atoms with Gasteiger partial charge in [0, 0.05) is 25.0 Å². The first-order valence-electron chi connectivity index (χ1n) is 15.9. The predicted molar refractivity (Wildman–Crippen MR) is 194 cm³/mol. The third-order valence-corrected chi connectivity index (χ3v) is 7.31. The Kier molecular flexibility index (Phi) is 13.8. The number of benzene rings is 4. The number of non-ortho nitro benzene ring substituents is 2. The molecule has 0 heterocycles. The second-order valence-corrected chi connectivity index (χ2v) is 11.2. The first kappa shape index (κ1) is 39.2. The molecule has 0 bridgehead atoms. The zero-order valence-electron chi connectivity index (χ0n) is 28.1. The average Bonchev–Trinajstić information content (AvgIpc) is 3.14. The number of anilines is 2. The van der Waals surface area contributed by atoms with E-state index in [0.717, 1.165) is 24.3 Å². The molecule has 4 aromatic rings. The quantitative estimate of drug-likeness (QED) is 0.0243. The lowest BCUT2D eigenvalue weighted by Gasteiger charge is -2.06. The van der Waals surface area contributed by atoms with Gasteiger partial charge in [-0.2, -0.15) is 10.2 Å². The van der Waals surface area contributed by atoms with E-state index >= 15 is 0 Å². The van der Waals surface area contributed by atoms with Crippen LogP contribution in [0.15, 0.2) is 95.1 Å². The molecule has 0 spiro atoms. The second-order valence-electron chi connectivity index (χ2n) is 11.2.